The molecule has 0 aliphatic heterocycles. The van der Waals surface area contributed by atoms with Gasteiger partial charge in [0.2, 0.25) is 0 Å². The van der Waals surface area contributed by atoms with Gasteiger partial charge in [-0.1, -0.05) is 52.0 Å². The van der Waals surface area contributed by atoms with Crippen molar-refractivity contribution in [3.8, 4) is 0 Å². The maximum absolute atomic E-state index is 5.77. The van der Waals surface area contributed by atoms with Crippen molar-refractivity contribution >= 4 is 0 Å². The highest BCUT2D eigenvalue weighted by molar-refractivity contribution is 5.24. The topological polar surface area (TPSA) is 52.0 Å². The second-order valence-electron chi connectivity index (χ2n) is 6.91. The predicted molar refractivity (Wildman–Crippen MR) is 79.5 cm³/mol. The van der Waals surface area contributed by atoms with Crippen LogP contribution in [0.15, 0.2) is 24.3 Å². The molecule has 0 atom stereocenters. The zero-order valence-corrected chi connectivity index (χ0v) is 12.3. The fourth-order valence-electron chi connectivity index (χ4n) is 2.02. The van der Waals surface area contributed by atoms with Crippen LogP contribution in [-0.4, -0.2) is 13.1 Å². The third-order valence-corrected chi connectivity index (χ3v) is 3.49. The summed E-state index contributed by atoms with van der Waals surface area (Å²) in [5.74, 6) is 0. The van der Waals surface area contributed by atoms with E-state index < -0.39 is 0 Å². The molecule has 0 spiro atoms. The van der Waals surface area contributed by atoms with Crippen LogP contribution in [0, 0.1) is 10.8 Å². The van der Waals surface area contributed by atoms with E-state index >= 15 is 0 Å². The van der Waals surface area contributed by atoms with Crippen LogP contribution in [0.5, 0.6) is 0 Å². The van der Waals surface area contributed by atoms with E-state index in [1.54, 1.807) is 0 Å². The number of hydrogen-bond acceptors (Lipinski definition) is 2. The maximum Gasteiger partial charge on any atom is -0.00226 e. The minimum Gasteiger partial charge on any atom is -0.330 e. The summed E-state index contributed by atoms with van der Waals surface area (Å²) in [6.45, 7) is 10.3. The van der Waals surface area contributed by atoms with Crippen molar-refractivity contribution in [3.05, 3.63) is 35.4 Å². The normalized spacial score (nSPS) is 12.8. The van der Waals surface area contributed by atoms with Crippen molar-refractivity contribution in [3.63, 3.8) is 0 Å². The van der Waals surface area contributed by atoms with Gasteiger partial charge in [-0.2, -0.15) is 0 Å². The first-order chi connectivity index (χ1) is 8.28. The Bertz CT molecular complexity index is 326. The lowest BCUT2D eigenvalue weighted by atomic mass is 9.83. The zero-order valence-electron chi connectivity index (χ0n) is 12.3. The molecule has 2 nitrogen and oxygen atoms in total. The van der Waals surface area contributed by atoms with Crippen LogP contribution in [0.2, 0.25) is 0 Å². The van der Waals surface area contributed by atoms with Gasteiger partial charge in [-0.15, -0.1) is 0 Å². The Balaban J connectivity index is 2.69. The van der Waals surface area contributed by atoms with Crippen molar-refractivity contribution in [2.75, 3.05) is 13.1 Å². The molecule has 1 aromatic carbocycles. The molecule has 0 bridgehead atoms. The first-order valence-electron chi connectivity index (χ1n) is 6.76. The highest BCUT2D eigenvalue weighted by atomic mass is 14.6. The molecule has 4 N–H and O–H groups in total. The molecule has 0 heterocycles. The van der Waals surface area contributed by atoms with Crippen LogP contribution < -0.4 is 11.5 Å². The molecule has 0 unspecified atom stereocenters. The van der Waals surface area contributed by atoms with E-state index in [0.717, 1.165) is 25.9 Å². The summed E-state index contributed by atoms with van der Waals surface area (Å²) in [7, 11) is 0. The number of benzene rings is 1. The monoisotopic (exact) mass is 248 g/mol. The van der Waals surface area contributed by atoms with Gasteiger partial charge < -0.3 is 11.5 Å². The molecule has 102 valence electrons. The second kappa shape index (κ2) is 5.85. The SMILES string of the molecule is CC(C)(CN)Cc1ccc(CC(C)(C)CN)cc1. The fraction of sp³-hybridized carbons (Fsp3) is 0.625. The van der Waals surface area contributed by atoms with Gasteiger partial charge >= 0.3 is 0 Å². The molecule has 0 saturated heterocycles. The van der Waals surface area contributed by atoms with Crippen molar-refractivity contribution in [2.45, 2.75) is 40.5 Å². The number of nitrogens with two attached hydrogens (primary N) is 2. The zero-order chi connectivity index (χ0) is 13.8. The molecule has 0 aromatic heterocycles. The molecule has 0 saturated carbocycles. The fourth-order valence-corrected chi connectivity index (χ4v) is 2.02. The Morgan fingerprint density at radius 3 is 1.22 bits per heavy atom. The van der Waals surface area contributed by atoms with E-state index in [2.05, 4.69) is 52.0 Å². The van der Waals surface area contributed by atoms with Crippen LogP contribution in [0.4, 0.5) is 0 Å². The Kier molecular flexibility index (Phi) is 4.94. The van der Waals surface area contributed by atoms with Crippen molar-refractivity contribution in [1.29, 1.82) is 0 Å². The van der Waals surface area contributed by atoms with E-state index in [4.69, 9.17) is 11.5 Å². The summed E-state index contributed by atoms with van der Waals surface area (Å²) >= 11 is 0. The minimum atomic E-state index is 0.179. The summed E-state index contributed by atoms with van der Waals surface area (Å²) in [5, 5.41) is 0. The molecule has 18 heavy (non-hydrogen) atoms. The quantitative estimate of drug-likeness (QED) is 0.813. The van der Waals surface area contributed by atoms with Gasteiger partial charge in [0.1, 0.15) is 0 Å². The average Bonchev–Trinajstić information content (AvgIpc) is 2.31. The van der Waals surface area contributed by atoms with Gasteiger partial charge in [0.15, 0.2) is 0 Å². The molecule has 2 heteroatoms. The van der Waals surface area contributed by atoms with Gasteiger partial charge in [-0.25, -0.2) is 0 Å². The van der Waals surface area contributed by atoms with Crippen molar-refractivity contribution in [2.24, 2.45) is 22.3 Å². The van der Waals surface area contributed by atoms with E-state index in [-0.39, 0.29) is 10.8 Å². The summed E-state index contributed by atoms with van der Waals surface area (Å²) in [6, 6.07) is 8.89. The summed E-state index contributed by atoms with van der Waals surface area (Å²) in [5.41, 5.74) is 14.6. The molecular formula is C16H28N2. The Morgan fingerprint density at radius 1 is 0.722 bits per heavy atom. The first kappa shape index (κ1) is 15.2. The van der Waals surface area contributed by atoms with E-state index in [9.17, 15) is 0 Å². The summed E-state index contributed by atoms with van der Waals surface area (Å²) in [4.78, 5) is 0. The molecular weight excluding hydrogens is 220 g/mol. The van der Waals surface area contributed by atoms with Gasteiger partial charge in [-0.3, -0.25) is 0 Å². The highest BCUT2D eigenvalue weighted by Gasteiger charge is 2.18. The van der Waals surface area contributed by atoms with E-state index in [1.165, 1.54) is 11.1 Å². The summed E-state index contributed by atoms with van der Waals surface area (Å²) in [6.07, 6.45) is 2.06. The van der Waals surface area contributed by atoms with E-state index in [1.807, 2.05) is 0 Å². The standard InChI is InChI=1S/C16H28N2/c1-15(2,11-17)9-13-5-7-14(8-6-13)10-16(3,4)12-18/h5-8H,9-12,17-18H2,1-4H3. The van der Waals surface area contributed by atoms with Crippen LogP contribution >= 0.6 is 0 Å². The van der Waals surface area contributed by atoms with Crippen molar-refractivity contribution in [1.82, 2.24) is 0 Å². The van der Waals surface area contributed by atoms with Crippen LogP contribution in [0.3, 0.4) is 0 Å². The molecule has 0 fully saturated rings. The lowest BCUT2D eigenvalue weighted by molar-refractivity contribution is 0.374. The predicted octanol–water partition coefficient (Wildman–Crippen LogP) is 2.74. The van der Waals surface area contributed by atoms with E-state index in [0.29, 0.717) is 0 Å². The Morgan fingerprint density at radius 2 is 1.00 bits per heavy atom. The third kappa shape index (κ3) is 4.79. The Hall–Kier alpha value is -0.860. The molecule has 0 aliphatic rings. The van der Waals surface area contributed by atoms with Gasteiger partial charge in [-0.05, 0) is 47.9 Å². The average molecular weight is 248 g/mol. The van der Waals surface area contributed by atoms with Crippen molar-refractivity contribution < 1.29 is 0 Å². The maximum atomic E-state index is 5.77. The lowest BCUT2D eigenvalue weighted by Gasteiger charge is -2.24. The smallest absolute Gasteiger partial charge is 0.00226 e. The van der Waals surface area contributed by atoms with Gasteiger partial charge in [0, 0.05) is 0 Å². The van der Waals surface area contributed by atoms with Crippen LogP contribution in [0.1, 0.15) is 38.8 Å². The second-order valence-corrected chi connectivity index (χ2v) is 6.91. The van der Waals surface area contributed by atoms with Gasteiger partial charge in [0.25, 0.3) is 0 Å². The first-order valence-corrected chi connectivity index (χ1v) is 6.76. The Labute approximate surface area is 112 Å². The molecule has 1 rings (SSSR count). The molecule has 0 radical (unpaired) electrons. The highest BCUT2D eigenvalue weighted by Crippen LogP contribution is 2.23. The van der Waals surface area contributed by atoms with Crippen LogP contribution in [-0.2, 0) is 12.8 Å². The number of rotatable bonds is 6. The minimum absolute atomic E-state index is 0.179. The van der Waals surface area contributed by atoms with Crippen LogP contribution in [0.25, 0.3) is 0 Å². The molecule has 0 aliphatic carbocycles. The summed E-state index contributed by atoms with van der Waals surface area (Å²) < 4.78 is 0. The third-order valence-electron chi connectivity index (χ3n) is 3.49. The molecule has 1 aromatic rings. The lowest BCUT2D eigenvalue weighted by Crippen LogP contribution is -2.26. The van der Waals surface area contributed by atoms with Gasteiger partial charge in [0.05, 0.1) is 0 Å². The number of hydrogen-bond donors (Lipinski definition) is 2. The largest absolute Gasteiger partial charge is 0.330 e. The molecule has 0 amide bonds.